The molecular formula is C19H18N8O5. The van der Waals surface area contributed by atoms with Gasteiger partial charge in [0.25, 0.3) is 0 Å². The maximum absolute atomic E-state index is 10.9. The lowest BCUT2D eigenvalue weighted by atomic mass is 9.94. The number of fused-ring (bicyclic) bond motifs is 1. The summed E-state index contributed by atoms with van der Waals surface area (Å²) in [6.07, 6.45) is 1.76. The summed E-state index contributed by atoms with van der Waals surface area (Å²) in [7, 11) is 2.75. The number of methoxy groups -OCH3 is 2. The molecule has 1 atom stereocenters. The Labute approximate surface area is 181 Å². The van der Waals surface area contributed by atoms with E-state index in [0.29, 0.717) is 11.1 Å². The molecule has 0 fully saturated rings. The fraction of sp³-hybridized carbons (Fsp3) is 0.211. The summed E-state index contributed by atoms with van der Waals surface area (Å²) >= 11 is 0. The van der Waals surface area contributed by atoms with Crippen LogP contribution in [0.1, 0.15) is 22.7 Å². The molecule has 0 spiro atoms. The number of nitrogens with one attached hydrogen (secondary N) is 2. The molecule has 13 heteroatoms. The lowest BCUT2D eigenvalue weighted by molar-refractivity contribution is -0.139. The number of pyridine rings is 1. The van der Waals surface area contributed by atoms with Crippen LogP contribution in [0.4, 0.5) is 17.3 Å². The number of hydrogen-bond acceptors (Lipinski definition) is 12. The highest BCUT2D eigenvalue weighted by atomic mass is 16.5. The molecule has 0 saturated carbocycles. The fourth-order valence-corrected chi connectivity index (χ4v) is 3.16. The minimum Gasteiger partial charge on any atom is -0.493 e. The molecule has 1 aliphatic heterocycles. The van der Waals surface area contributed by atoms with Gasteiger partial charge in [0.05, 0.1) is 19.9 Å². The lowest BCUT2D eigenvalue weighted by Gasteiger charge is -2.27. The van der Waals surface area contributed by atoms with Gasteiger partial charge in [-0.3, -0.25) is 5.32 Å². The summed E-state index contributed by atoms with van der Waals surface area (Å²) < 4.78 is 16.0. The van der Waals surface area contributed by atoms with Crippen LogP contribution >= 0.6 is 0 Å². The normalized spacial score (nSPS) is 14.0. The molecule has 32 heavy (non-hydrogen) atoms. The van der Waals surface area contributed by atoms with E-state index in [1.54, 1.807) is 18.3 Å². The summed E-state index contributed by atoms with van der Waals surface area (Å²) in [4.78, 5) is 19.6. The zero-order valence-corrected chi connectivity index (χ0v) is 17.0. The zero-order chi connectivity index (χ0) is 23.4. The summed E-state index contributed by atoms with van der Waals surface area (Å²) in [5.41, 5.74) is 12.9. The minimum absolute atomic E-state index is 0.0113. The van der Waals surface area contributed by atoms with Crippen molar-refractivity contribution in [2.75, 3.05) is 37.6 Å². The summed E-state index contributed by atoms with van der Waals surface area (Å²) in [5, 5.41) is 32.6. The largest absolute Gasteiger partial charge is 0.493 e. The Kier molecular flexibility index (Phi) is 6.02. The molecule has 2 aromatic rings. The molecule has 0 amide bonds. The average molecular weight is 438 g/mol. The molecule has 0 saturated heterocycles. The monoisotopic (exact) mass is 438 g/mol. The van der Waals surface area contributed by atoms with E-state index in [2.05, 4.69) is 20.6 Å². The molecule has 0 aliphatic carbocycles. The van der Waals surface area contributed by atoms with Crippen LogP contribution in [0.2, 0.25) is 0 Å². The predicted octanol–water partition coefficient (Wildman–Crippen LogP) is 0.540. The molecule has 3 rings (SSSR count). The van der Waals surface area contributed by atoms with Crippen LogP contribution in [0, 0.1) is 22.8 Å². The van der Waals surface area contributed by atoms with Gasteiger partial charge in [0.15, 0.2) is 24.3 Å². The Morgan fingerprint density at radius 2 is 1.94 bits per heavy atom. The van der Waals surface area contributed by atoms with Crippen molar-refractivity contribution >= 4 is 29.3 Å². The topological polar surface area (TPSA) is 214 Å². The van der Waals surface area contributed by atoms with Crippen molar-refractivity contribution in [2.45, 2.75) is 6.04 Å². The van der Waals surface area contributed by atoms with E-state index in [0.717, 1.165) is 0 Å². The number of benzene rings is 1. The number of carbonyl (C=O) groups is 1. The van der Waals surface area contributed by atoms with Crippen molar-refractivity contribution in [2.24, 2.45) is 4.99 Å². The number of aromatic nitrogens is 1. The van der Waals surface area contributed by atoms with E-state index in [1.807, 2.05) is 6.07 Å². The molecule has 0 radical (unpaired) electrons. The third-order valence-corrected chi connectivity index (χ3v) is 4.50. The van der Waals surface area contributed by atoms with Crippen LogP contribution in [0.15, 0.2) is 17.1 Å². The Bertz CT molecular complexity index is 1170. The van der Waals surface area contributed by atoms with Crippen LogP contribution in [0.3, 0.4) is 0 Å². The van der Waals surface area contributed by atoms with Crippen LogP contribution in [0.25, 0.3) is 0 Å². The fourth-order valence-electron chi connectivity index (χ4n) is 3.16. The first-order chi connectivity index (χ1) is 15.3. The molecular weight excluding hydrogens is 420 g/mol. The van der Waals surface area contributed by atoms with Crippen molar-refractivity contribution in [1.29, 1.82) is 10.5 Å². The average Bonchev–Trinajstić information content (AvgIpc) is 2.76. The molecule has 1 aliphatic rings. The number of aliphatic imine (C=N–C) groups is 1. The smallest absolute Gasteiger partial charge is 0.341 e. The highest BCUT2D eigenvalue weighted by Gasteiger charge is 2.31. The van der Waals surface area contributed by atoms with E-state index in [1.165, 1.54) is 14.2 Å². The van der Waals surface area contributed by atoms with Gasteiger partial charge in [0.2, 0.25) is 11.7 Å². The second-order valence-electron chi connectivity index (χ2n) is 6.34. The molecule has 1 unspecified atom stereocenters. The van der Waals surface area contributed by atoms with Gasteiger partial charge in [-0.2, -0.15) is 10.5 Å². The molecule has 1 aromatic carbocycles. The van der Waals surface area contributed by atoms with Crippen LogP contribution in [0.5, 0.6) is 17.2 Å². The van der Waals surface area contributed by atoms with Gasteiger partial charge in [-0.1, -0.05) is 0 Å². The predicted molar refractivity (Wildman–Crippen MR) is 112 cm³/mol. The molecule has 1 aromatic heterocycles. The van der Waals surface area contributed by atoms with Crippen molar-refractivity contribution in [3.05, 3.63) is 28.8 Å². The molecule has 164 valence electrons. The third-order valence-electron chi connectivity index (χ3n) is 4.50. The van der Waals surface area contributed by atoms with Crippen molar-refractivity contribution in [3.63, 3.8) is 0 Å². The SMILES string of the molecule is COc1cc(C2N=C(NC#N)Nc3nc(N)c(C#N)c(N)c32)cc(OC)c1OCC(=O)O. The number of ether oxygens (including phenoxy) is 3. The Hall–Kier alpha value is -4.91. The van der Waals surface area contributed by atoms with Gasteiger partial charge in [-0.25, -0.2) is 14.8 Å². The Balaban J connectivity index is 2.23. The van der Waals surface area contributed by atoms with Crippen molar-refractivity contribution in [3.8, 4) is 29.5 Å². The van der Waals surface area contributed by atoms with E-state index in [9.17, 15) is 10.1 Å². The van der Waals surface area contributed by atoms with E-state index >= 15 is 0 Å². The van der Waals surface area contributed by atoms with Crippen LogP contribution in [-0.4, -0.2) is 42.8 Å². The van der Waals surface area contributed by atoms with Crippen LogP contribution < -0.4 is 36.3 Å². The van der Waals surface area contributed by atoms with Gasteiger partial charge >= 0.3 is 5.97 Å². The first-order valence-corrected chi connectivity index (χ1v) is 8.93. The summed E-state index contributed by atoms with van der Waals surface area (Å²) in [6, 6.07) is 4.17. The number of rotatable bonds is 6. The molecule has 2 heterocycles. The van der Waals surface area contributed by atoms with Crippen molar-refractivity contribution in [1.82, 2.24) is 10.3 Å². The number of guanidine groups is 1. The first kappa shape index (κ1) is 21.8. The highest BCUT2D eigenvalue weighted by Crippen LogP contribution is 2.45. The number of carboxylic acid groups (broad SMARTS) is 1. The van der Waals surface area contributed by atoms with E-state index in [4.69, 9.17) is 36.0 Å². The number of nitrogens with zero attached hydrogens (tertiary/aromatic N) is 4. The Morgan fingerprint density at radius 1 is 1.28 bits per heavy atom. The number of anilines is 3. The maximum atomic E-state index is 10.9. The van der Waals surface area contributed by atoms with Gasteiger partial charge in [-0.05, 0) is 17.7 Å². The summed E-state index contributed by atoms with van der Waals surface area (Å²) in [5.74, 6) is -0.549. The lowest BCUT2D eigenvalue weighted by Crippen LogP contribution is -2.32. The molecule has 7 N–H and O–H groups in total. The zero-order valence-electron chi connectivity index (χ0n) is 17.0. The van der Waals surface area contributed by atoms with Crippen molar-refractivity contribution < 1.29 is 24.1 Å². The van der Waals surface area contributed by atoms with Gasteiger partial charge < -0.3 is 36.1 Å². The quantitative estimate of drug-likeness (QED) is 0.308. The third kappa shape index (κ3) is 3.90. The number of hydrogen-bond donors (Lipinski definition) is 5. The number of carboxylic acids is 1. The Morgan fingerprint density at radius 3 is 2.47 bits per heavy atom. The second kappa shape index (κ2) is 8.85. The second-order valence-corrected chi connectivity index (χ2v) is 6.34. The highest BCUT2D eigenvalue weighted by molar-refractivity contribution is 5.98. The standard InChI is InChI=1S/C19H18N8O5/c1-30-10-3-8(4-11(31-2)16(10)32-6-12(28)29)15-13-14(22)9(5-20)17(23)26-18(13)27-19(25-15)24-7-21/h3-4,15H,6H2,1-2H3,(H,28,29)(H6,22,23,24,25,26,27). The van der Waals surface area contributed by atoms with E-state index in [-0.39, 0.29) is 46.1 Å². The van der Waals surface area contributed by atoms with Gasteiger partial charge in [0.1, 0.15) is 29.3 Å². The van der Waals surface area contributed by atoms with E-state index < -0.39 is 18.6 Å². The number of nitrogens with two attached hydrogens (primary N) is 2. The number of aliphatic carboxylic acids is 1. The minimum atomic E-state index is -1.18. The molecule has 13 nitrogen and oxygen atoms in total. The number of nitrogen functional groups attached to an aromatic ring is 2. The van der Waals surface area contributed by atoms with Gasteiger partial charge in [0, 0.05) is 5.56 Å². The van der Waals surface area contributed by atoms with Crippen LogP contribution in [-0.2, 0) is 4.79 Å². The molecule has 0 bridgehead atoms. The summed E-state index contributed by atoms with van der Waals surface area (Å²) in [6.45, 7) is -0.613. The number of nitriles is 2. The first-order valence-electron chi connectivity index (χ1n) is 8.93. The van der Waals surface area contributed by atoms with Gasteiger partial charge in [-0.15, -0.1) is 0 Å². The maximum Gasteiger partial charge on any atom is 0.341 e.